The van der Waals surface area contributed by atoms with Crippen molar-refractivity contribution in [3.8, 4) is 34.0 Å². The van der Waals surface area contributed by atoms with Crippen molar-refractivity contribution in [1.29, 1.82) is 0 Å². The van der Waals surface area contributed by atoms with Gasteiger partial charge in [-0.1, -0.05) is 48.5 Å². The number of hydrogen-bond donors (Lipinski definition) is 1. The number of ether oxygens (including phenoxy) is 1. The summed E-state index contributed by atoms with van der Waals surface area (Å²) in [6, 6.07) is 25.8. The Morgan fingerprint density at radius 2 is 1.55 bits per heavy atom. The number of aromatic amines is 1. The van der Waals surface area contributed by atoms with Crippen molar-refractivity contribution in [3.05, 3.63) is 96.9 Å². The molecule has 0 aliphatic rings. The Hall–Kier alpha value is -3.99. The summed E-state index contributed by atoms with van der Waals surface area (Å²) in [5.74, 6) is 1.88. The molecule has 0 amide bonds. The molecule has 5 heteroatoms. The standard InChI is InChI=1S/C24H16FN3O/c25-21-12-5-4-11-20(21)17-14-22-24(26-15-17)28-23(27-22)16-7-6-10-19(13-16)29-18-8-2-1-3-9-18/h1-15H,(H,26,27,28). The number of benzene rings is 3. The predicted octanol–water partition coefficient (Wildman–Crippen LogP) is 6.22. The van der Waals surface area contributed by atoms with E-state index in [0.717, 1.165) is 16.8 Å². The summed E-state index contributed by atoms with van der Waals surface area (Å²) in [5.41, 5.74) is 3.41. The van der Waals surface area contributed by atoms with Gasteiger partial charge in [0.05, 0.1) is 5.52 Å². The number of nitrogens with zero attached hydrogens (tertiary/aromatic N) is 2. The highest BCUT2D eigenvalue weighted by molar-refractivity contribution is 5.81. The van der Waals surface area contributed by atoms with E-state index in [1.165, 1.54) is 6.07 Å². The van der Waals surface area contributed by atoms with Gasteiger partial charge in [-0.15, -0.1) is 0 Å². The molecule has 0 spiro atoms. The van der Waals surface area contributed by atoms with Crippen LogP contribution < -0.4 is 4.74 Å². The summed E-state index contributed by atoms with van der Waals surface area (Å²) in [4.78, 5) is 12.2. The number of aromatic nitrogens is 3. The number of para-hydroxylation sites is 1. The second-order valence-corrected chi connectivity index (χ2v) is 6.60. The van der Waals surface area contributed by atoms with Gasteiger partial charge >= 0.3 is 0 Å². The van der Waals surface area contributed by atoms with E-state index in [9.17, 15) is 4.39 Å². The topological polar surface area (TPSA) is 50.8 Å². The summed E-state index contributed by atoms with van der Waals surface area (Å²) in [7, 11) is 0. The molecule has 0 saturated heterocycles. The summed E-state index contributed by atoms with van der Waals surface area (Å²) in [5, 5.41) is 0. The fourth-order valence-corrected chi connectivity index (χ4v) is 3.21. The Balaban J connectivity index is 1.49. The summed E-state index contributed by atoms with van der Waals surface area (Å²) >= 11 is 0. The van der Waals surface area contributed by atoms with E-state index >= 15 is 0 Å². The minimum atomic E-state index is -0.279. The Labute approximate surface area is 166 Å². The molecule has 5 aromatic rings. The van der Waals surface area contributed by atoms with Crippen LogP contribution in [-0.2, 0) is 0 Å². The Kier molecular flexibility index (Phi) is 4.26. The third-order valence-electron chi connectivity index (χ3n) is 4.61. The van der Waals surface area contributed by atoms with Crippen LogP contribution in [0, 0.1) is 5.82 Å². The van der Waals surface area contributed by atoms with Gasteiger partial charge in [-0.2, -0.15) is 0 Å². The van der Waals surface area contributed by atoms with E-state index in [1.54, 1.807) is 24.4 Å². The highest BCUT2D eigenvalue weighted by Crippen LogP contribution is 2.29. The van der Waals surface area contributed by atoms with Crippen LogP contribution in [0.1, 0.15) is 0 Å². The van der Waals surface area contributed by atoms with Crippen LogP contribution in [0.3, 0.4) is 0 Å². The average Bonchev–Trinajstić information content (AvgIpc) is 3.18. The first-order chi connectivity index (χ1) is 14.3. The number of nitrogens with one attached hydrogen (secondary N) is 1. The van der Waals surface area contributed by atoms with Crippen molar-refractivity contribution < 1.29 is 9.13 Å². The first-order valence-electron chi connectivity index (χ1n) is 9.20. The third-order valence-corrected chi connectivity index (χ3v) is 4.61. The molecule has 2 aromatic heterocycles. The smallest absolute Gasteiger partial charge is 0.178 e. The van der Waals surface area contributed by atoms with Crippen molar-refractivity contribution in [2.24, 2.45) is 0 Å². The molecule has 140 valence electrons. The van der Waals surface area contributed by atoms with Crippen molar-refractivity contribution in [3.63, 3.8) is 0 Å². The zero-order chi connectivity index (χ0) is 19.6. The predicted molar refractivity (Wildman–Crippen MR) is 111 cm³/mol. The number of hydrogen-bond acceptors (Lipinski definition) is 3. The quantitative estimate of drug-likeness (QED) is 0.402. The molecule has 0 aliphatic heterocycles. The zero-order valence-corrected chi connectivity index (χ0v) is 15.3. The number of fused-ring (bicyclic) bond motifs is 1. The number of pyridine rings is 1. The van der Waals surface area contributed by atoms with Gasteiger partial charge in [-0.05, 0) is 36.4 Å². The minimum absolute atomic E-state index is 0.279. The van der Waals surface area contributed by atoms with Crippen LogP contribution in [0.2, 0.25) is 0 Å². The normalized spacial score (nSPS) is 10.9. The lowest BCUT2D eigenvalue weighted by Gasteiger charge is -2.06. The first-order valence-corrected chi connectivity index (χ1v) is 9.20. The van der Waals surface area contributed by atoms with E-state index in [-0.39, 0.29) is 5.82 Å². The van der Waals surface area contributed by atoms with Crippen LogP contribution in [-0.4, -0.2) is 15.0 Å². The lowest BCUT2D eigenvalue weighted by Crippen LogP contribution is -1.86. The lowest BCUT2D eigenvalue weighted by molar-refractivity contribution is 0.483. The number of halogens is 1. The van der Waals surface area contributed by atoms with Gasteiger partial charge in [0, 0.05) is 22.9 Å². The van der Waals surface area contributed by atoms with Gasteiger partial charge < -0.3 is 9.72 Å². The van der Waals surface area contributed by atoms with E-state index in [0.29, 0.717) is 28.3 Å². The minimum Gasteiger partial charge on any atom is -0.457 e. The second-order valence-electron chi connectivity index (χ2n) is 6.60. The zero-order valence-electron chi connectivity index (χ0n) is 15.3. The van der Waals surface area contributed by atoms with Gasteiger partial charge in [-0.25, -0.2) is 14.4 Å². The van der Waals surface area contributed by atoms with Crippen LogP contribution in [0.15, 0.2) is 91.1 Å². The molecule has 29 heavy (non-hydrogen) atoms. The van der Waals surface area contributed by atoms with Gasteiger partial charge in [0.1, 0.15) is 23.1 Å². The number of H-pyrrole nitrogens is 1. The molecular formula is C24H16FN3O. The van der Waals surface area contributed by atoms with Crippen molar-refractivity contribution in [2.75, 3.05) is 0 Å². The molecule has 0 radical (unpaired) electrons. The van der Waals surface area contributed by atoms with Crippen molar-refractivity contribution >= 4 is 11.2 Å². The lowest BCUT2D eigenvalue weighted by atomic mass is 10.1. The average molecular weight is 381 g/mol. The first kappa shape index (κ1) is 17.1. The molecule has 3 aromatic carbocycles. The van der Waals surface area contributed by atoms with E-state index < -0.39 is 0 Å². The van der Waals surface area contributed by atoms with E-state index in [1.807, 2.05) is 60.7 Å². The summed E-state index contributed by atoms with van der Waals surface area (Å²) in [6.45, 7) is 0. The SMILES string of the molecule is Fc1ccccc1-c1cnc2nc(-c3cccc(Oc4ccccc4)c3)[nH]c2c1. The third kappa shape index (κ3) is 3.46. The fraction of sp³-hybridized carbons (Fsp3) is 0. The second kappa shape index (κ2) is 7.20. The monoisotopic (exact) mass is 381 g/mol. The molecule has 0 atom stereocenters. The molecule has 4 nitrogen and oxygen atoms in total. The Bertz CT molecular complexity index is 1300. The highest BCUT2D eigenvalue weighted by Gasteiger charge is 2.11. The maximum absolute atomic E-state index is 14.1. The number of imidazole rings is 1. The molecule has 0 saturated carbocycles. The molecule has 1 N–H and O–H groups in total. The molecular weight excluding hydrogens is 365 g/mol. The van der Waals surface area contributed by atoms with Gasteiger partial charge in [0.2, 0.25) is 0 Å². The van der Waals surface area contributed by atoms with E-state index in [2.05, 4.69) is 15.0 Å². The maximum Gasteiger partial charge on any atom is 0.178 e. The molecule has 0 unspecified atom stereocenters. The van der Waals surface area contributed by atoms with Crippen LogP contribution in [0.5, 0.6) is 11.5 Å². The fourth-order valence-electron chi connectivity index (χ4n) is 3.21. The van der Waals surface area contributed by atoms with Gasteiger partial charge in [0.15, 0.2) is 5.65 Å². The molecule has 5 rings (SSSR count). The molecule has 0 bridgehead atoms. The van der Waals surface area contributed by atoms with Crippen LogP contribution >= 0.6 is 0 Å². The van der Waals surface area contributed by atoms with E-state index in [4.69, 9.17) is 4.74 Å². The highest BCUT2D eigenvalue weighted by atomic mass is 19.1. The summed E-state index contributed by atoms with van der Waals surface area (Å²) in [6.07, 6.45) is 1.64. The maximum atomic E-state index is 14.1. The van der Waals surface area contributed by atoms with Crippen molar-refractivity contribution in [2.45, 2.75) is 0 Å². The Morgan fingerprint density at radius 3 is 2.41 bits per heavy atom. The molecule has 0 fully saturated rings. The molecule has 2 heterocycles. The Morgan fingerprint density at radius 1 is 0.759 bits per heavy atom. The van der Waals surface area contributed by atoms with Crippen LogP contribution in [0.4, 0.5) is 4.39 Å². The van der Waals surface area contributed by atoms with Crippen LogP contribution in [0.25, 0.3) is 33.7 Å². The summed E-state index contributed by atoms with van der Waals surface area (Å²) < 4.78 is 20.0. The van der Waals surface area contributed by atoms with Crippen molar-refractivity contribution in [1.82, 2.24) is 15.0 Å². The molecule has 0 aliphatic carbocycles. The van der Waals surface area contributed by atoms with Gasteiger partial charge in [-0.3, -0.25) is 0 Å². The number of rotatable bonds is 4. The largest absolute Gasteiger partial charge is 0.457 e. The van der Waals surface area contributed by atoms with Gasteiger partial charge in [0.25, 0.3) is 0 Å².